The van der Waals surface area contributed by atoms with Crippen LogP contribution in [-0.4, -0.2) is 21.1 Å². The Hall–Kier alpha value is -0.750. The Bertz CT molecular complexity index is 312. The summed E-state index contributed by atoms with van der Waals surface area (Å²) < 4.78 is 0.700. The largest absolute Gasteiger partial charge is 0.360 e. The molecule has 2 N–H and O–H groups in total. The van der Waals surface area contributed by atoms with Gasteiger partial charge in [-0.3, -0.25) is 0 Å². The molecule has 0 saturated heterocycles. The highest BCUT2D eigenvalue weighted by Gasteiger charge is 2.00. The van der Waals surface area contributed by atoms with Gasteiger partial charge in [0.15, 0.2) is 10.9 Å². The molecule has 0 radical (unpaired) electrons. The highest BCUT2D eigenvalue weighted by atomic mass is 79.9. The number of nitrogens with one attached hydrogen (secondary N) is 2. The summed E-state index contributed by atoms with van der Waals surface area (Å²) in [6, 6.07) is 0.304. The van der Waals surface area contributed by atoms with E-state index in [0.717, 1.165) is 0 Å². The summed E-state index contributed by atoms with van der Waals surface area (Å²) in [5, 5.41) is 6.53. The lowest BCUT2D eigenvalue weighted by molar-refractivity contribution is 0.739. The Morgan fingerprint density at radius 2 is 2.14 bits per heavy atom. The first-order chi connectivity index (χ1) is 6.58. The number of thiocarbonyl (C=S) groups is 1. The molecule has 1 rings (SSSR count). The van der Waals surface area contributed by atoms with E-state index in [1.54, 1.807) is 12.4 Å². The lowest BCUT2D eigenvalue weighted by Crippen LogP contribution is -2.34. The van der Waals surface area contributed by atoms with Crippen LogP contribution in [0.1, 0.15) is 13.8 Å². The fraction of sp³-hybridized carbons (Fsp3) is 0.375. The van der Waals surface area contributed by atoms with E-state index < -0.39 is 0 Å². The van der Waals surface area contributed by atoms with Crippen LogP contribution in [0.4, 0.5) is 5.82 Å². The molecule has 6 heteroatoms. The summed E-state index contributed by atoms with van der Waals surface area (Å²) in [4.78, 5) is 8.09. The van der Waals surface area contributed by atoms with Crippen LogP contribution in [0.2, 0.25) is 0 Å². The van der Waals surface area contributed by atoms with Crippen LogP contribution >= 0.6 is 28.1 Å². The lowest BCUT2D eigenvalue weighted by atomic mass is 10.4. The monoisotopic (exact) mass is 274 g/mol. The molecule has 0 aliphatic carbocycles. The van der Waals surface area contributed by atoms with Gasteiger partial charge in [0.25, 0.3) is 0 Å². The smallest absolute Gasteiger partial charge is 0.172 e. The second-order valence-corrected chi connectivity index (χ2v) is 4.20. The van der Waals surface area contributed by atoms with Crippen molar-refractivity contribution in [2.45, 2.75) is 19.9 Å². The first kappa shape index (κ1) is 11.3. The zero-order chi connectivity index (χ0) is 10.6. The molecule has 1 aromatic rings. The Labute approximate surface area is 96.7 Å². The van der Waals surface area contributed by atoms with Crippen LogP contribution in [0.25, 0.3) is 0 Å². The summed E-state index contributed by atoms with van der Waals surface area (Å²) in [5.74, 6) is 0.631. The molecule has 0 aromatic carbocycles. The van der Waals surface area contributed by atoms with Crippen molar-refractivity contribution in [2.75, 3.05) is 5.32 Å². The lowest BCUT2D eigenvalue weighted by Gasteiger charge is -2.11. The molecule has 0 atom stereocenters. The van der Waals surface area contributed by atoms with Gasteiger partial charge in [-0.15, -0.1) is 0 Å². The average Bonchev–Trinajstić information content (AvgIpc) is 2.07. The summed E-state index contributed by atoms with van der Waals surface area (Å²) in [6.07, 6.45) is 3.22. The van der Waals surface area contributed by atoms with Gasteiger partial charge in [0, 0.05) is 6.04 Å². The summed E-state index contributed by atoms with van der Waals surface area (Å²) in [6.45, 7) is 4.03. The van der Waals surface area contributed by atoms with Gasteiger partial charge in [-0.1, -0.05) is 0 Å². The van der Waals surface area contributed by atoms with Gasteiger partial charge in [0.1, 0.15) is 4.60 Å². The number of halogens is 1. The maximum absolute atomic E-state index is 5.04. The Balaban J connectivity index is 2.52. The van der Waals surface area contributed by atoms with E-state index in [4.69, 9.17) is 12.2 Å². The molecule has 0 bridgehead atoms. The van der Waals surface area contributed by atoms with Crippen molar-refractivity contribution < 1.29 is 0 Å². The Kier molecular flexibility index (Phi) is 4.21. The molecule has 14 heavy (non-hydrogen) atoms. The van der Waals surface area contributed by atoms with E-state index >= 15 is 0 Å². The minimum Gasteiger partial charge on any atom is -0.360 e. The molecule has 76 valence electrons. The maximum Gasteiger partial charge on any atom is 0.172 e. The molecule has 0 fully saturated rings. The van der Waals surface area contributed by atoms with Crippen LogP contribution in [-0.2, 0) is 0 Å². The van der Waals surface area contributed by atoms with Crippen molar-refractivity contribution in [2.24, 2.45) is 0 Å². The maximum atomic E-state index is 5.04. The normalized spacial score (nSPS) is 10.0. The van der Waals surface area contributed by atoms with Gasteiger partial charge in [0.05, 0.1) is 12.4 Å². The van der Waals surface area contributed by atoms with Gasteiger partial charge in [-0.2, -0.15) is 0 Å². The molecule has 0 unspecified atom stereocenters. The first-order valence-electron chi connectivity index (χ1n) is 4.13. The molecule has 0 aliphatic heterocycles. The summed E-state index contributed by atoms with van der Waals surface area (Å²) in [5.41, 5.74) is 0. The van der Waals surface area contributed by atoms with E-state index in [9.17, 15) is 0 Å². The van der Waals surface area contributed by atoms with Gasteiger partial charge >= 0.3 is 0 Å². The number of rotatable bonds is 2. The standard InChI is InChI=1S/C8H11BrN4S/c1-5(2)12-8(14)13-7-4-10-6(9)3-11-7/h3-5H,1-2H3,(H2,11,12,13,14). The van der Waals surface area contributed by atoms with Crippen LogP contribution in [0.3, 0.4) is 0 Å². The minimum absolute atomic E-state index is 0.304. The number of nitrogens with zero attached hydrogens (tertiary/aromatic N) is 2. The SMILES string of the molecule is CC(C)NC(=S)Nc1cnc(Br)cn1. The van der Waals surface area contributed by atoms with Gasteiger partial charge in [-0.05, 0) is 42.0 Å². The zero-order valence-corrected chi connectivity index (χ0v) is 10.3. The molecule has 1 aromatic heterocycles. The third-order valence-electron chi connectivity index (χ3n) is 1.28. The highest BCUT2D eigenvalue weighted by Crippen LogP contribution is 2.05. The third kappa shape index (κ3) is 3.97. The topological polar surface area (TPSA) is 49.8 Å². The van der Waals surface area contributed by atoms with Gasteiger partial charge in [-0.25, -0.2) is 9.97 Å². The number of hydrogen-bond donors (Lipinski definition) is 2. The quantitative estimate of drug-likeness (QED) is 0.808. The van der Waals surface area contributed by atoms with E-state index in [1.807, 2.05) is 13.8 Å². The van der Waals surface area contributed by atoms with E-state index in [-0.39, 0.29) is 0 Å². The predicted molar refractivity (Wildman–Crippen MR) is 64.2 cm³/mol. The number of anilines is 1. The number of aromatic nitrogens is 2. The molecule has 4 nitrogen and oxygen atoms in total. The van der Waals surface area contributed by atoms with Gasteiger partial charge in [0.2, 0.25) is 0 Å². The molecule has 0 saturated carbocycles. The van der Waals surface area contributed by atoms with Crippen molar-refractivity contribution in [3.8, 4) is 0 Å². The van der Waals surface area contributed by atoms with Crippen molar-refractivity contribution in [1.82, 2.24) is 15.3 Å². The molecular weight excluding hydrogens is 264 g/mol. The van der Waals surface area contributed by atoms with Crippen molar-refractivity contribution in [3.05, 3.63) is 17.0 Å². The van der Waals surface area contributed by atoms with Gasteiger partial charge < -0.3 is 10.6 Å². The molecular formula is C8H11BrN4S. The van der Waals surface area contributed by atoms with E-state index in [1.165, 1.54) is 0 Å². The second kappa shape index (κ2) is 5.21. The summed E-state index contributed by atoms with van der Waals surface area (Å²) in [7, 11) is 0. The average molecular weight is 275 g/mol. The number of hydrogen-bond acceptors (Lipinski definition) is 3. The van der Waals surface area contributed by atoms with Crippen molar-refractivity contribution >= 4 is 39.1 Å². The first-order valence-corrected chi connectivity index (χ1v) is 5.33. The Morgan fingerprint density at radius 1 is 1.43 bits per heavy atom. The van der Waals surface area contributed by atoms with Crippen LogP contribution in [0.5, 0.6) is 0 Å². The minimum atomic E-state index is 0.304. The summed E-state index contributed by atoms with van der Waals surface area (Å²) >= 11 is 8.25. The van der Waals surface area contributed by atoms with Crippen LogP contribution in [0, 0.1) is 0 Å². The molecule has 0 spiro atoms. The third-order valence-corrected chi connectivity index (χ3v) is 1.91. The highest BCUT2D eigenvalue weighted by molar-refractivity contribution is 9.10. The Morgan fingerprint density at radius 3 is 2.64 bits per heavy atom. The van der Waals surface area contributed by atoms with Crippen molar-refractivity contribution in [1.29, 1.82) is 0 Å². The van der Waals surface area contributed by atoms with Crippen LogP contribution < -0.4 is 10.6 Å². The van der Waals surface area contributed by atoms with E-state index in [2.05, 4.69) is 36.5 Å². The fourth-order valence-corrected chi connectivity index (χ4v) is 1.34. The van der Waals surface area contributed by atoms with E-state index in [0.29, 0.717) is 21.6 Å². The fourth-order valence-electron chi connectivity index (χ4n) is 0.791. The van der Waals surface area contributed by atoms with Crippen LogP contribution in [0.15, 0.2) is 17.0 Å². The molecule has 1 heterocycles. The zero-order valence-electron chi connectivity index (χ0n) is 7.91. The van der Waals surface area contributed by atoms with Crippen molar-refractivity contribution in [3.63, 3.8) is 0 Å². The molecule has 0 amide bonds. The second-order valence-electron chi connectivity index (χ2n) is 2.98. The predicted octanol–water partition coefficient (Wildman–Crippen LogP) is 1.93. The molecule has 0 aliphatic rings.